The van der Waals surface area contributed by atoms with Crippen LogP contribution >= 0.6 is 11.6 Å². The summed E-state index contributed by atoms with van der Waals surface area (Å²) in [6.45, 7) is 0. The molecule has 0 aliphatic rings. The van der Waals surface area contributed by atoms with E-state index in [4.69, 9.17) is 35.4 Å². The molecule has 0 radical (unpaired) electrons. The average Bonchev–Trinajstić information content (AvgIpc) is 3.52. The van der Waals surface area contributed by atoms with Gasteiger partial charge in [-0.3, -0.25) is 0 Å². The Hall–Kier alpha value is -5.00. The van der Waals surface area contributed by atoms with Crippen molar-refractivity contribution in [1.29, 1.82) is 0 Å². The van der Waals surface area contributed by atoms with Gasteiger partial charge in [0.1, 0.15) is 22.3 Å². The number of benzene rings is 5. The molecular weight excluding hydrogens is 506 g/mol. The van der Waals surface area contributed by atoms with E-state index in [1.807, 2.05) is 103 Å². The number of halogens is 1. The first-order valence-corrected chi connectivity index (χ1v) is 12.9. The van der Waals surface area contributed by atoms with Gasteiger partial charge in [0.25, 0.3) is 0 Å². The van der Waals surface area contributed by atoms with E-state index in [0.717, 1.165) is 60.6 Å². The lowest BCUT2D eigenvalue weighted by Gasteiger charge is -2.08. The van der Waals surface area contributed by atoms with E-state index < -0.39 is 0 Å². The van der Waals surface area contributed by atoms with Crippen LogP contribution in [0.1, 0.15) is 0 Å². The smallest absolute Gasteiger partial charge is 0.164 e. The van der Waals surface area contributed by atoms with Crippen molar-refractivity contribution in [2.45, 2.75) is 0 Å². The minimum atomic E-state index is 0.585. The molecule has 39 heavy (non-hydrogen) atoms. The zero-order valence-corrected chi connectivity index (χ0v) is 21.2. The van der Waals surface area contributed by atoms with Crippen LogP contribution in [0.2, 0.25) is 5.02 Å². The summed E-state index contributed by atoms with van der Waals surface area (Å²) in [5.74, 6) is 1.83. The molecular formula is C33H18ClN3O2. The van der Waals surface area contributed by atoms with Gasteiger partial charge in [-0.25, -0.2) is 15.0 Å². The van der Waals surface area contributed by atoms with Gasteiger partial charge in [-0.2, -0.15) is 0 Å². The van der Waals surface area contributed by atoms with Crippen LogP contribution < -0.4 is 0 Å². The fraction of sp³-hybridized carbons (Fsp3) is 0. The van der Waals surface area contributed by atoms with Crippen molar-refractivity contribution >= 4 is 55.5 Å². The molecule has 0 saturated heterocycles. The molecule has 0 fully saturated rings. The van der Waals surface area contributed by atoms with Gasteiger partial charge in [-0.05, 0) is 36.4 Å². The third-order valence-electron chi connectivity index (χ3n) is 6.98. The fourth-order valence-corrected chi connectivity index (χ4v) is 5.26. The van der Waals surface area contributed by atoms with E-state index >= 15 is 0 Å². The lowest BCUT2D eigenvalue weighted by Crippen LogP contribution is -2.00. The largest absolute Gasteiger partial charge is 0.456 e. The summed E-state index contributed by atoms with van der Waals surface area (Å²) in [5.41, 5.74) is 5.81. The van der Waals surface area contributed by atoms with E-state index in [0.29, 0.717) is 22.5 Å². The topological polar surface area (TPSA) is 65.0 Å². The lowest BCUT2D eigenvalue weighted by atomic mass is 10.1. The number of hydrogen-bond acceptors (Lipinski definition) is 5. The summed E-state index contributed by atoms with van der Waals surface area (Å²) in [5, 5.41) is 4.62. The summed E-state index contributed by atoms with van der Waals surface area (Å²) >= 11 is 6.17. The van der Waals surface area contributed by atoms with Gasteiger partial charge < -0.3 is 8.83 Å². The molecule has 3 heterocycles. The Morgan fingerprint density at radius 2 is 0.872 bits per heavy atom. The Morgan fingerprint density at radius 1 is 0.410 bits per heavy atom. The van der Waals surface area contributed by atoms with Crippen LogP contribution in [0, 0.1) is 0 Å². The molecule has 0 atom stereocenters. The minimum Gasteiger partial charge on any atom is -0.456 e. The maximum atomic E-state index is 6.36. The Bertz CT molecular complexity index is 2130. The van der Waals surface area contributed by atoms with Gasteiger partial charge in [-0.1, -0.05) is 78.3 Å². The Balaban J connectivity index is 1.30. The van der Waals surface area contributed by atoms with Gasteiger partial charge in [0.15, 0.2) is 17.5 Å². The number of hydrogen-bond donors (Lipinski definition) is 0. The van der Waals surface area contributed by atoms with Crippen molar-refractivity contribution in [3.05, 3.63) is 114 Å². The highest BCUT2D eigenvalue weighted by atomic mass is 35.5. The molecule has 0 saturated carbocycles. The average molecular weight is 524 g/mol. The molecule has 8 rings (SSSR count). The molecule has 0 unspecified atom stereocenters. The summed E-state index contributed by atoms with van der Waals surface area (Å²) in [4.78, 5) is 14.5. The molecule has 5 nitrogen and oxygen atoms in total. The Kier molecular flexibility index (Phi) is 4.81. The van der Waals surface area contributed by atoms with Crippen LogP contribution in [0.4, 0.5) is 0 Å². The highest BCUT2D eigenvalue weighted by Gasteiger charge is 2.16. The van der Waals surface area contributed by atoms with Crippen molar-refractivity contribution in [1.82, 2.24) is 15.0 Å². The second-order valence-corrected chi connectivity index (χ2v) is 9.87. The summed E-state index contributed by atoms with van der Waals surface area (Å²) < 4.78 is 12.5. The summed E-state index contributed by atoms with van der Waals surface area (Å²) in [6.07, 6.45) is 0. The third-order valence-corrected chi connectivity index (χ3v) is 7.22. The SMILES string of the molecule is Clc1ccc2c(c1)oc1cc3c(cc12)oc1cc(-c2nc(-c4ccccc4)nc(-c4ccccc4)n2)ccc13. The van der Waals surface area contributed by atoms with Crippen molar-refractivity contribution in [2.24, 2.45) is 0 Å². The molecule has 8 aromatic rings. The van der Waals surface area contributed by atoms with Crippen LogP contribution in [0.25, 0.3) is 78.0 Å². The normalized spacial score (nSPS) is 11.7. The second kappa shape index (κ2) is 8.51. The maximum Gasteiger partial charge on any atom is 0.164 e. The van der Waals surface area contributed by atoms with Gasteiger partial charge in [0.05, 0.1) is 0 Å². The summed E-state index contributed by atoms with van der Waals surface area (Å²) in [6, 6.07) is 35.7. The van der Waals surface area contributed by atoms with Gasteiger partial charge >= 0.3 is 0 Å². The first-order chi connectivity index (χ1) is 19.2. The highest BCUT2D eigenvalue weighted by molar-refractivity contribution is 6.31. The lowest BCUT2D eigenvalue weighted by molar-refractivity contribution is 0.664. The molecule has 0 N–H and O–H groups in total. The van der Waals surface area contributed by atoms with E-state index in [2.05, 4.69) is 6.07 Å². The van der Waals surface area contributed by atoms with Gasteiger partial charge in [-0.15, -0.1) is 0 Å². The molecule has 6 heteroatoms. The Morgan fingerprint density at radius 3 is 1.44 bits per heavy atom. The molecule has 0 spiro atoms. The van der Waals surface area contributed by atoms with Crippen molar-refractivity contribution in [3.8, 4) is 34.2 Å². The van der Waals surface area contributed by atoms with Gasteiger partial charge in [0.2, 0.25) is 0 Å². The number of fused-ring (bicyclic) bond motifs is 6. The maximum absolute atomic E-state index is 6.36. The van der Waals surface area contributed by atoms with Crippen LogP contribution in [-0.2, 0) is 0 Å². The van der Waals surface area contributed by atoms with E-state index in [9.17, 15) is 0 Å². The van der Waals surface area contributed by atoms with Crippen molar-refractivity contribution in [2.75, 3.05) is 0 Å². The van der Waals surface area contributed by atoms with Crippen molar-refractivity contribution < 1.29 is 8.83 Å². The van der Waals surface area contributed by atoms with Crippen LogP contribution in [0.15, 0.2) is 118 Å². The van der Waals surface area contributed by atoms with Crippen LogP contribution in [-0.4, -0.2) is 15.0 Å². The first kappa shape index (κ1) is 22.0. The molecule has 184 valence electrons. The quantitative estimate of drug-likeness (QED) is 0.231. The molecule has 5 aromatic carbocycles. The predicted octanol–water partition coefficient (Wildman–Crippen LogP) is 9.32. The van der Waals surface area contributed by atoms with Crippen molar-refractivity contribution in [3.63, 3.8) is 0 Å². The molecule has 3 aromatic heterocycles. The number of nitrogens with zero attached hydrogens (tertiary/aromatic N) is 3. The standard InChI is InChI=1S/C33H18ClN3O2/c34-22-12-14-24-26-18-29-25(17-30(26)39-28(24)16-22)23-13-11-21(15-27(23)38-29)33-36-31(19-7-3-1-4-8-19)35-32(37-33)20-9-5-2-6-10-20/h1-18H. The highest BCUT2D eigenvalue weighted by Crippen LogP contribution is 2.38. The number of rotatable bonds is 3. The molecule has 0 bridgehead atoms. The molecule has 0 amide bonds. The number of aromatic nitrogens is 3. The monoisotopic (exact) mass is 523 g/mol. The number of furan rings is 2. The fourth-order valence-electron chi connectivity index (χ4n) is 5.10. The van der Waals surface area contributed by atoms with E-state index in [-0.39, 0.29) is 0 Å². The summed E-state index contributed by atoms with van der Waals surface area (Å²) in [7, 11) is 0. The Labute approximate surface area is 227 Å². The molecule has 0 aliphatic heterocycles. The second-order valence-electron chi connectivity index (χ2n) is 9.44. The predicted molar refractivity (Wildman–Crippen MR) is 156 cm³/mol. The minimum absolute atomic E-state index is 0.585. The van der Waals surface area contributed by atoms with Crippen LogP contribution in [0.3, 0.4) is 0 Å². The van der Waals surface area contributed by atoms with Gasteiger partial charge in [0, 0.05) is 49.3 Å². The zero-order valence-electron chi connectivity index (χ0n) is 20.4. The van der Waals surface area contributed by atoms with E-state index in [1.165, 1.54) is 0 Å². The first-order valence-electron chi connectivity index (χ1n) is 12.5. The van der Waals surface area contributed by atoms with Crippen LogP contribution in [0.5, 0.6) is 0 Å². The van der Waals surface area contributed by atoms with E-state index in [1.54, 1.807) is 0 Å². The third kappa shape index (κ3) is 3.67. The molecule has 0 aliphatic carbocycles. The zero-order chi connectivity index (χ0) is 25.9.